The fraction of sp³-hybridized carbons (Fsp3) is 0.318. The van der Waals surface area contributed by atoms with Gasteiger partial charge in [0.15, 0.2) is 11.5 Å². The van der Waals surface area contributed by atoms with Gasteiger partial charge in [-0.25, -0.2) is 0 Å². The number of ether oxygens (including phenoxy) is 3. The molecule has 0 saturated heterocycles. The van der Waals surface area contributed by atoms with Gasteiger partial charge in [0.05, 0.1) is 31.9 Å². The van der Waals surface area contributed by atoms with Gasteiger partial charge in [0, 0.05) is 15.9 Å². The Labute approximate surface area is 174 Å². The molecule has 0 saturated carbocycles. The first-order chi connectivity index (χ1) is 13.7. The number of hydrogen-bond donors (Lipinski definition) is 2. The minimum absolute atomic E-state index is 0.147. The summed E-state index contributed by atoms with van der Waals surface area (Å²) in [5, 5.41) is 0.474. The Bertz CT molecular complexity index is 993. The van der Waals surface area contributed by atoms with Crippen molar-refractivity contribution in [3.8, 4) is 17.2 Å². The molecule has 29 heavy (non-hydrogen) atoms. The number of benzene rings is 1. The molecule has 154 valence electrons. The van der Waals surface area contributed by atoms with E-state index in [0.717, 1.165) is 28.0 Å². The van der Waals surface area contributed by atoms with Gasteiger partial charge in [0.25, 0.3) is 5.91 Å². The lowest BCUT2D eigenvalue weighted by atomic mass is 9.77. The number of fused-ring (bicyclic) bond motifs is 1. The summed E-state index contributed by atoms with van der Waals surface area (Å²) < 4.78 is 16.2. The Morgan fingerprint density at radius 3 is 2.24 bits per heavy atom. The molecule has 7 heteroatoms. The van der Waals surface area contributed by atoms with E-state index in [0.29, 0.717) is 27.8 Å². The number of rotatable bonds is 6. The maximum Gasteiger partial charge on any atom is 0.252 e. The van der Waals surface area contributed by atoms with Crippen LogP contribution in [0.4, 0.5) is 5.00 Å². The van der Waals surface area contributed by atoms with Crippen LogP contribution in [0, 0.1) is 0 Å². The zero-order valence-electron chi connectivity index (χ0n) is 17.3. The number of hydrogen-bond acceptors (Lipinski definition) is 6. The fourth-order valence-electron chi connectivity index (χ4n) is 3.69. The SMILES string of the molecule is COc1cc(/C=C/C2=Cc3c(sc(N)c3C(N)=O)C(C)(C)C2)cc(OC)c1OC. The molecule has 1 amide bonds. The quantitative estimate of drug-likeness (QED) is 0.737. The number of methoxy groups -OCH3 is 3. The van der Waals surface area contributed by atoms with Gasteiger partial charge in [-0.3, -0.25) is 4.79 Å². The molecular weight excluding hydrogens is 388 g/mol. The van der Waals surface area contributed by atoms with Crippen LogP contribution in [0.1, 0.15) is 46.6 Å². The Morgan fingerprint density at radius 2 is 1.72 bits per heavy atom. The van der Waals surface area contributed by atoms with Gasteiger partial charge in [0.2, 0.25) is 5.75 Å². The molecule has 6 nitrogen and oxygen atoms in total. The highest BCUT2D eigenvalue weighted by molar-refractivity contribution is 7.16. The summed E-state index contributed by atoms with van der Waals surface area (Å²) in [6.45, 7) is 4.29. The van der Waals surface area contributed by atoms with Crippen LogP contribution in [0.25, 0.3) is 12.2 Å². The number of amides is 1. The second-order valence-electron chi connectivity index (χ2n) is 7.52. The number of nitrogens with two attached hydrogens (primary N) is 2. The van der Waals surface area contributed by atoms with Crippen LogP contribution < -0.4 is 25.7 Å². The molecule has 0 spiro atoms. The summed E-state index contributed by atoms with van der Waals surface area (Å²) in [7, 11) is 4.75. The maximum atomic E-state index is 11.9. The number of anilines is 1. The third kappa shape index (κ3) is 3.82. The van der Waals surface area contributed by atoms with Gasteiger partial charge in [-0.15, -0.1) is 11.3 Å². The lowest BCUT2D eigenvalue weighted by molar-refractivity contribution is 0.100. The molecule has 0 bridgehead atoms. The molecular formula is C22H26N2O4S. The van der Waals surface area contributed by atoms with Crippen LogP contribution in [0.15, 0.2) is 23.8 Å². The van der Waals surface area contributed by atoms with E-state index in [-0.39, 0.29) is 5.41 Å². The molecule has 0 fully saturated rings. The summed E-state index contributed by atoms with van der Waals surface area (Å²) in [6.07, 6.45) is 6.84. The molecule has 0 aliphatic heterocycles. The van der Waals surface area contributed by atoms with Crippen LogP contribution in [0.2, 0.25) is 0 Å². The van der Waals surface area contributed by atoms with Crippen molar-refractivity contribution in [1.82, 2.24) is 0 Å². The predicted molar refractivity (Wildman–Crippen MR) is 118 cm³/mol. The van der Waals surface area contributed by atoms with Gasteiger partial charge in [-0.2, -0.15) is 0 Å². The normalized spacial score (nSPS) is 15.0. The van der Waals surface area contributed by atoms with Crippen LogP contribution in [-0.4, -0.2) is 27.2 Å². The van der Waals surface area contributed by atoms with Crippen LogP contribution in [0.3, 0.4) is 0 Å². The lowest BCUT2D eigenvalue weighted by Gasteiger charge is -2.29. The highest BCUT2D eigenvalue weighted by atomic mass is 32.1. The summed E-state index contributed by atoms with van der Waals surface area (Å²) >= 11 is 1.44. The molecule has 1 aliphatic carbocycles. The van der Waals surface area contributed by atoms with E-state index in [2.05, 4.69) is 13.8 Å². The number of thiophene rings is 1. The van der Waals surface area contributed by atoms with E-state index >= 15 is 0 Å². The summed E-state index contributed by atoms with van der Waals surface area (Å²) in [4.78, 5) is 13.0. The highest BCUT2D eigenvalue weighted by Crippen LogP contribution is 2.47. The lowest BCUT2D eigenvalue weighted by Crippen LogP contribution is -2.22. The van der Waals surface area contributed by atoms with Crippen LogP contribution in [-0.2, 0) is 5.41 Å². The molecule has 0 radical (unpaired) electrons. The zero-order valence-corrected chi connectivity index (χ0v) is 18.1. The first-order valence-electron chi connectivity index (χ1n) is 9.13. The van der Waals surface area contributed by atoms with E-state index in [9.17, 15) is 4.79 Å². The molecule has 0 unspecified atom stereocenters. The standard InChI is InChI=1S/C22H26N2O4S/c1-22(2)11-13(8-14-17(20(23)25)21(24)29-19(14)22)7-6-12-9-15(26-3)18(28-5)16(10-12)27-4/h6-10H,11,24H2,1-5H3,(H2,23,25)/b7-6+. The first-order valence-corrected chi connectivity index (χ1v) is 9.94. The Balaban J connectivity index is 2.03. The van der Waals surface area contributed by atoms with Crippen molar-refractivity contribution in [2.45, 2.75) is 25.7 Å². The second-order valence-corrected chi connectivity index (χ2v) is 8.57. The third-order valence-electron chi connectivity index (χ3n) is 4.99. The van der Waals surface area contributed by atoms with Crippen molar-refractivity contribution in [2.24, 2.45) is 5.73 Å². The van der Waals surface area contributed by atoms with Crippen molar-refractivity contribution >= 4 is 34.4 Å². The molecule has 1 aromatic carbocycles. The summed E-state index contributed by atoms with van der Waals surface area (Å²) in [5.41, 5.74) is 14.7. The fourth-order valence-corrected chi connectivity index (χ4v) is 4.84. The van der Waals surface area contributed by atoms with E-state index in [4.69, 9.17) is 25.7 Å². The van der Waals surface area contributed by atoms with Gasteiger partial charge >= 0.3 is 0 Å². The molecule has 2 aromatic rings. The van der Waals surface area contributed by atoms with E-state index < -0.39 is 5.91 Å². The van der Waals surface area contributed by atoms with Crippen molar-refractivity contribution in [3.63, 3.8) is 0 Å². The Hall–Kier alpha value is -2.93. The maximum absolute atomic E-state index is 11.9. The van der Waals surface area contributed by atoms with E-state index in [1.54, 1.807) is 21.3 Å². The molecule has 3 rings (SSSR count). The van der Waals surface area contributed by atoms with Crippen LogP contribution >= 0.6 is 11.3 Å². The van der Waals surface area contributed by atoms with Crippen molar-refractivity contribution in [1.29, 1.82) is 0 Å². The zero-order chi connectivity index (χ0) is 21.3. The number of allylic oxidation sites excluding steroid dienone is 2. The van der Waals surface area contributed by atoms with Crippen molar-refractivity contribution < 1.29 is 19.0 Å². The molecule has 1 aromatic heterocycles. The molecule has 4 N–H and O–H groups in total. The summed E-state index contributed by atoms with van der Waals surface area (Å²) in [6, 6.07) is 3.77. The Kier molecular flexibility index (Phi) is 5.61. The van der Waals surface area contributed by atoms with Crippen molar-refractivity contribution in [2.75, 3.05) is 27.1 Å². The average Bonchev–Trinajstić information content (AvgIpc) is 3.02. The summed E-state index contributed by atoms with van der Waals surface area (Å²) in [5.74, 6) is 1.23. The topological polar surface area (TPSA) is 96.8 Å². The average molecular weight is 415 g/mol. The number of primary amides is 1. The smallest absolute Gasteiger partial charge is 0.252 e. The minimum atomic E-state index is -0.498. The third-order valence-corrected chi connectivity index (χ3v) is 6.39. The monoisotopic (exact) mass is 414 g/mol. The van der Waals surface area contributed by atoms with Crippen molar-refractivity contribution in [3.05, 3.63) is 45.3 Å². The second kappa shape index (κ2) is 7.83. The van der Waals surface area contributed by atoms with Gasteiger partial charge < -0.3 is 25.7 Å². The van der Waals surface area contributed by atoms with Crippen LogP contribution in [0.5, 0.6) is 17.2 Å². The van der Waals surface area contributed by atoms with Gasteiger partial charge in [-0.05, 0) is 35.8 Å². The van der Waals surface area contributed by atoms with E-state index in [1.165, 1.54) is 11.3 Å². The first kappa shape index (κ1) is 20.8. The molecule has 1 heterocycles. The number of carbonyl (C=O) groups excluding carboxylic acids is 1. The van der Waals surface area contributed by atoms with Gasteiger partial charge in [-0.1, -0.05) is 26.0 Å². The highest BCUT2D eigenvalue weighted by Gasteiger charge is 2.33. The Morgan fingerprint density at radius 1 is 1.10 bits per heavy atom. The van der Waals surface area contributed by atoms with Gasteiger partial charge in [0.1, 0.15) is 0 Å². The number of nitrogen functional groups attached to an aromatic ring is 1. The number of carbonyl (C=O) groups is 1. The largest absolute Gasteiger partial charge is 0.493 e. The molecule has 1 aliphatic rings. The van der Waals surface area contributed by atoms with E-state index in [1.807, 2.05) is 30.4 Å². The minimum Gasteiger partial charge on any atom is -0.493 e. The molecule has 0 atom stereocenters. The predicted octanol–water partition coefficient (Wildman–Crippen LogP) is 4.23.